The molecule has 0 saturated heterocycles. The van der Waals surface area contributed by atoms with E-state index in [4.69, 9.17) is 0 Å². The maximum atomic E-state index is 2.40. The van der Waals surface area contributed by atoms with Gasteiger partial charge in [-0.3, -0.25) is 4.57 Å². The Labute approximate surface area is 116 Å². The van der Waals surface area contributed by atoms with Crippen LogP contribution in [-0.4, -0.2) is 4.57 Å². The van der Waals surface area contributed by atoms with Crippen LogP contribution in [0.15, 0.2) is 54.9 Å². The van der Waals surface area contributed by atoms with Gasteiger partial charge < -0.3 is 0 Å². The lowest BCUT2D eigenvalue weighted by Gasteiger charge is -2.16. The fraction of sp³-hybridized carbons (Fsp3) is 0.167. The molecular formula is C18H15N2+. The summed E-state index contributed by atoms with van der Waals surface area (Å²) in [7, 11) is 0. The topological polar surface area (TPSA) is 8.81 Å². The molecule has 0 N–H and O–H groups in total. The van der Waals surface area contributed by atoms with E-state index in [9.17, 15) is 0 Å². The monoisotopic (exact) mass is 259 g/mol. The van der Waals surface area contributed by atoms with Crippen LogP contribution in [0.1, 0.15) is 13.8 Å². The van der Waals surface area contributed by atoms with Gasteiger partial charge in [-0.15, -0.1) is 0 Å². The highest BCUT2D eigenvalue weighted by Gasteiger charge is 2.41. The van der Waals surface area contributed by atoms with Crippen molar-refractivity contribution in [2.75, 3.05) is 0 Å². The van der Waals surface area contributed by atoms with Crippen molar-refractivity contribution < 1.29 is 4.57 Å². The lowest BCUT2D eigenvalue weighted by molar-refractivity contribution is -0.734. The number of benzene rings is 2. The normalized spacial score (nSPS) is 15.9. The van der Waals surface area contributed by atoms with Crippen LogP contribution >= 0.6 is 0 Å². The third-order valence-electron chi connectivity index (χ3n) is 4.79. The van der Waals surface area contributed by atoms with Crippen LogP contribution in [0.3, 0.4) is 0 Å². The van der Waals surface area contributed by atoms with E-state index in [1.807, 2.05) is 0 Å². The molecular weight excluding hydrogens is 244 g/mol. The van der Waals surface area contributed by atoms with Crippen molar-refractivity contribution in [1.29, 1.82) is 0 Å². The molecule has 0 bridgehead atoms. The van der Waals surface area contributed by atoms with Gasteiger partial charge in [0.25, 0.3) is 0 Å². The minimum atomic E-state index is -0.0407. The van der Waals surface area contributed by atoms with Gasteiger partial charge in [0.1, 0.15) is 5.52 Å². The van der Waals surface area contributed by atoms with Crippen molar-refractivity contribution in [3.63, 3.8) is 0 Å². The fourth-order valence-electron chi connectivity index (χ4n) is 3.84. The second-order valence-corrected chi connectivity index (χ2v) is 6.13. The van der Waals surface area contributed by atoms with Gasteiger partial charge in [0.15, 0.2) is 6.20 Å². The molecule has 2 aromatic carbocycles. The van der Waals surface area contributed by atoms with Crippen LogP contribution in [0, 0.1) is 0 Å². The summed E-state index contributed by atoms with van der Waals surface area (Å²) in [5, 5.41) is 5.41. The number of hydrogen-bond acceptors (Lipinski definition) is 0. The van der Waals surface area contributed by atoms with Crippen LogP contribution in [0.25, 0.3) is 32.6 Å². The molecule has 2 aromatic heterocycles. The van der Waals surface area contributed by atoms with Gasteiger partial charge in [0.2, 0.25) is 11.2 Å². The van der Waals surface area contributed by atoms with E-state index in [2.05, 4.69) is 77.8 Å². The molecule has 0 unspecified atom stereocenters. The predicted octanol–water partition coefficient (Wildman–Crippen LogP) is 3.79. The van der Waals surface area contributed by atoms with E-state index in [0.29, 0.717) is 0 Å². The lowest BCUT2D eigenvalue weighted by Crippen LogP contribution is -2.53. The first-order valence-corrected chi connectivity index (χ1v) is 7.07. The molecule has 1 aliphatic rings. The van der Waals surface area contributed by atoms with Gasteiger partial charge in [-0.25, -0.2) is 0 Å². The summed E-state index contributed by atoms with van der Waals surface area (Å²) in [5.41, 5.74) is 2.68. The van der Waals surface area contributed by atoms with E-state index in [1.165, 1.54) is 32.6 Å². The zero-order valence-electron chi connectivity index (χ0n) is 11.6. The average molecular weight is 259 g/mol. The molecule has 2 nitrogen and oxygen atoms in total. The first-order valence-electron chi connectivity index (χ1n) is 7.07. The van der Waals surface area contributed by atoms with E-state index < -0.39 is 0 Å². The maximum absolute atomic E-state index is 2.40. The van der Waals surface area contributed by atoms with Crippen molar-refractivity contribution in [3.05, 3.63) is 54.9 Å². The molecule has 5 rings (SSSR count). The Kier molecular flexibility index (Phi) is 1.58. The Bertz CT molecular complexity index is 1020. The molecule has 4 aromatic rings. The number of fused-ring (bicyclic) bond motifs is 3. The first kappa shape index (κ1) is 10.4. The number of nitrogens with zero attached hydrogens (tertiary/aromatic N) is 2. The third kappa shape index (κ3) is 0.944. The molecule has 0 saturated carbocycles. The van der Waals surface area contributed by atoms with Gasteiger partial charge in [-0.05, 0) is 22.9 Å². The van der Waals surface area contributed by atoms with Crippen LogP contribution in [-0.2, 0) is 5.66 Å². The summed E-state index contributed by atoms with van der Waals surface area (Å²) >= 11 is 0. The van der Waals surface area contributed by atoms with Gasteiger partial charge in [-0.2, -0.15) is 4.57 Å². The maximum Gasteiger partial charge on any atom is 0.242 e. The van der Waals surface area contributed by atoms with E-state index in [0.717, 1.165) is 0 Å². The quantitative estimate of drug-likeness (QED) is 0.335. The summed E-state index contributed by atoms with van der Waals surface area (Å²) in [6.07, 6.45) is 4.42. The summed E-state index contributed by atoms with van der Waals surface area (Å²) in [5.74, 6) is 0. The Hall–Kier alpha value is -2.35. The molecule has 3 heterocycles. The smallest absolute Gasteiger partial charge is 0.242 e. The Morgan fingerprint density at radius 3 is 2.35 bits per heavy atom. The average Bonchev–Trinajstić information content (AvgIpc) is 3.00. The second-order valence-electron chi connectivity index (χ2n) is 6.13. The number of aromatic nitrogens is 2. The van der Waals surface area contributed by atoms with Crippen molar-refractivity contribution in [3.8, 4) is 0 Å². The standard InChI is InChI=1S/C18H15N2/c1-18(2)19-10-5-8-14-12-6-3-4-7-13(12)15-9-11-20(18)17(15)16(14)19/h3-11H,1-2H3/q+1. The molecule has 0 fully saturated rings. The Balaban J connectivity index is 2.26. The zero-order chi connectivity index (χ0) is 13.5. The first-order chi connectivity index (χ1) is 9.69. The molecule has 20 heavy (non-hydrogen) atoms. The zero-order valence-corrected chi connectivity index (χ0v) is 11.6. The largest absolute Gasteiger partial charge is 0.281 e. The number of pyridine rings is 1. The van der Waals surface area contributed by atoms with Crippen LogP contribution in [0.4, 0.5) is 0 Å². The van der Waals surface area contributed by atoms with Gasteiger partial charge in [-0.1, -0.05) is 24.3 Å². The lowest BCUT2D eigenvalue weighted by atomic mass is 10.0. The van der Waals surface area contributed by atoms with Crippen LogP contribution in [0.5, 0.6) is 0 Å². The van der Waals surface area contributed by atoms with E-state index in [-0.39, 0.29) is 5.66 Å². The minimum absolute atomic E-state index is 0.0407. The van der Waals surface area contributed by atoms with E-state index in [1.54, 1.807) is 0 Å². The molecule has 0 spiro atoms. The molecule has 0 atom stereocenters. The van der Waals surface area contributed by atoms with E-state index >= 15 is 0 Å². The molecule has 0 radical (unpaired) electrons. The summed E-state index contributed by atoms with van der Waals surface area (Å²) in [4.78, 5) is 0. The van der Waals surface area contributed by atoms with Crippen molar-refractivity contribution >= 4 is 32.6 Å². The molecule has 0 amide bonds. The van der Waals surface area contributed by atoms with Crippen molar-refractivity contribution in [2.24, 2.45) is 0 Å². The number of hydrogen-bond donors (Lipinski definition) is 0. The number of rotatable bonds is 0. The molecule has 1 aliphatic heterocycles. The highest BCUT2D eigenvalue weighted by molar-refractivity contribution is 6.22. The molecule has 0 aliphatic carbocycles. The van der Waals surface area contributed by atoms with Crippen LogP contribution < -0.4 is 4.57 Å². The summed E-state index contributed by atoms with van der Waals surface area (Å²) in [6, 6.07) is 15.4. The third-order valence-corrected chi connectivity index (χ3v) is 4.79. The Morgan fingerprint density at radius 1 is 0.850 bits per heavy atom. The predicted molar refractivity (Wildman–Crippen MR) is 81.9 cm³/mol. The van der Waals surface area contributed by atoms with Crippen LogP contribution in [0.2, 0.25) is 0 Å². The van der Waals surface area contributed by atoms with Crippen molar-refractivity contribution in [1.82, 2.24) is 4.57 Å². The van der Waals surface area contributed by atoms with Gasteiger partial charge in [0, 0.05) is 31.5 Å². The SMILES string of the molecule is CC1(C)n2ccc3c4ccccc4c4ccc[n+]1c4c32. The Morgan fingerprint density at radius 2 is 1.55 bits per heavy atom. The van der Waals surface area contributed by atoms with Crippen molar-refractivity contribution in [2.45, 2.75) is 19.5 Å². The van der Waals surface area contributed by atoms with Gasteiger partial charge >= 0.3 is 0 Å². The highest BCUT2D eigenvalue weighted by atomic mass is 15.3. The summed E-state index contributed by atoms with van der Waals surface area (Å²) < 4.78 is 4.80. The molecule has 96 valence electrons. The summed E-state index contributed by atoms with van der Waals surface area (Å²) in [6.45, 7) is 4.55. The molecule has 2 heteroatoms. The second kappa shape index (κ2) is 3.04. The highest BCUT2D eigenvalue weighted by Crippen LogP contribution is 2.39. The van der Waals surface area contributed by atoms with Gasteiger partial charge in [0.05, 0.1) is 5.39 Å². The fourth-order valence-corrected chi connectivity index (χ4v) is 3.84. The minimum Gasteiger partial charge on any atom is -0.281 e.